The Bertz CT molecular complexity index is 1780. The van der Waals surface area contributed by atoms with Crippen LogP contribution in [0.3, 0.4) is 0 Å². The summed E-state index contributed by atoms with van der Waals surface area (Å²) in [5, 5.41) is 9.63. The van der Waals surface area contributed by atoms with Crippen molar-refractivity contribution in [2.24, 2.45) is 0 Å². The molecule has 0 aliphatic carbocycles. The summed E-state index contributed by atoms with van der Waals surface area (Å²) in [6, 6.07) is 24.1. The smallest absolute Gasteiger partial charge is 0.407 e. The molecule has 1 fully saturated rings. The molecule has 3 N–H and O–H groups in total. The molecule has 1 aromatic heterocycles. The molecule has 1 aliphatic rings. The summed E-state index contributed by atoms with van der Waals surface area (Å²) in [4.78, 5) is 50.0. The number of carbonyl (C=O) groups is 3. The van der Waals surface area contributed by atoms with Crippen molar-refractivity contribution in [2.75, 3.05) is 60.0 Å². The lowest BCUT2D eigenvalue weighted by Gasteiger charge is -2.32. The van der Waals surface area contributed by atoms with Gasteiger partial charge in [0.05, 0.1) is 23.9 Å². The number of methoxy groups -OCH3 is 1. The lowest BCUT2D eigenvalue weighted by atomic mass is 9.99. The highest BCUT2D eigenvalue weighted by Crippen LogP contribution is 2.28. The first-order chi connectivity index (χ1) is 25.8. The number of rotatable bonds is 18. The number of nitrogens with zero attached hydrogens (tertiary/aromatic N) is 3. The average molecular weight is 723 g/mol. The van der Waals surface area contributed by atoms with Crippen molar-refractivity contribution >= 4 is 28.8 Å². The van der Waals surface area contributed by atoms with Gasteiger partial charge in [-0.1, -0.05) is 49.7 Å². The Morgan fingerprint density at radius 3 is 2.34 bits per heavy atom. The Kier molecular flexibility index (Phi) is 15.0. The standard InChI is InChI=1S/C42H54N6O5/c1-4-5-11-31-15-20-37-35(28-31)36(29-39(45-37)33-16-18-34(52-3)19-17-33)40(49)46-38(41(50)43-22-10-23-48-26-24-47(2)25-27-48)14-9-21-44-42(51)53-30-32-12-7-6-8-13-32/h6-8,12-13,15-20,28-29,38H,4-5,9-11,14,21-27,30H2,1-3H3,(H,43,50)(H,44,51)(H,46,49). The Morgan fingerprint density at radius 2 is 1.60 bits per heavy atom. The first-order valence-corrected chi connectivity index (χ1v) is 18.8. The minimum Gasteiger partial charge on any atom is -0.497 e. The van der Waals surface area contributed by atoms with E-state index in [0.29, 0.717) is 36.2 Å². The van der Waals surface area contributed by atoms with Crippen LogP contribution in [-0.4, -0.2) is 98.7 Å². The van der Waals surface area contributed by atoms with Gasteiger partial charge >= 0.3 is 6.09 Å². The van der Waals surface area contributed by atoms with Crippen LogP contribution in [-0.2, 0) is 22.6 Å². The van der Waals surface area contributed by atoms with E-state index in [1.165, 1.54) is 0 Å². The summed E-state index contributed by atoms with van der Waals surface area (Å²) in [6.07, 6.45) is 4.05. The molecule has 3 aromatic carbocycles. The van der Waals surface area contributed by atoms with Gasteiger partial charge < -0.3 is 35.2 Å². The van der Waals surface area contributed by atoms with Gasteiger partial charge in [-0.3, -0.25) is 9.59 Å². The average Bonchev–Trinajstić information content (AvgIpc) is 3.19. The van der Waals surface area contributed by atoms with Gasteiger partial charge in [0.2, 0.25) is 5.91 Å². The number of hydrogen-bond acceptors (Lipinski definition) is 8. The molecule has 282 valence electrons. The topological polar surface area (TPSA) is 125 Å². The molecule has 5 rings (SSSR count). The number of ether oxygens (including phenoxy) is 2. The Hall–Kier alpha value is -5.00. The number of pyridine rings is 1. The molecule has 2 heterocycles. The second kappa shape index (κ2) is 20.3. The number of amides is 3. The predicted molar refractivity (Wildman–Crippen MR) is 209 cm³/mol. The highest BCUT2D eigenvalue weighted by molar-refractivity contribution is 6.08. The van der Waals surface area contributed by atoms with Crippen LogP contribution < -0.4 is 20.7 Å². The van der Waals surface area contributed by atoms with E-state index in [4.69, 9.17) is 14.5 Å². The maximum absolute atomic E-state index is 14.3. The van der Waals surface area contributed by atoms with E-state index in [1.54, 1.807) is 13.2 Å². The summed E-state index contributed by atoms with van der Waals surface area (Å²) >= 11 is 0. The largest absolute Gasteiger partial charge is 0.497 e. The molecular weight excluding hydrogens is 668 g/mol. The lowest BCUT2D eigenvalue weighted by Crippen LogP contribution is -2.48. The SMILES string of the molecule is CCCCc1ccc2nc(-c3ccc(OC)cc3)cc(C(=O)NC(CCCNC(=O)OCc3ccccc3)C(=O)NCCCN3CCN(C)CC3)c2c1. The number of benzene rings is 3. The van der Waals surface area contributed by atoms with Crippen LogP contribution in [0.2, 0.25) is 0 Å². The molecule has 4 aromatic rings. The van der Waals surface area contributed by atoms with E-state index in [0.717, 1.165) is 86.2 Å². The molecule has 0 radical (unpaired) electrons. The van der Waals surface area contributed by atoms with E-state index < -0.39 is 12.1 Å². The van der Waals surface area contributed by atoms with Crippen LogP contribution in [0, 0.1) is 0 Å². The Balaban J connectivity index is 1.30. The monoisotopic (exact) mass is 722 g/mol. The molecule has 0 spiro atoms. The molecule has 3 amide bonds. The van der Waals surface area contributed by atoms with E-state index in [1.807, 2.05) is 66.7 Å². The molecule has 53 heavy (non-hydrogen) atoms. The van der Waals surface area contributed by atoms with Gasteiger partial charge in [-0.25, -0.2) is 9.78 Å². The first-order valence-electron chi connectivity index (χ1n) is 18.8. The van der Waals surface area contributed by atoms with Crippen molar-refractivity contribution in [3.63, 3.8) is 0 Å². The highest BCUT2D eigenvalue weighted by Gasteiger charge is 2.24. The van der Waals surface area contributed by atoms with Crippen molar-refractivity contribution in [1.29, 1.82) is 0 Å². The summed E-state index contributed by atoms with van der Waals surface area (Å²) in [5.74, 6) is 0.123. The second-order valence-electron chi connectivity index (χ2n) is 13.7. The summed E-state index contributed by atoms with van der Waals surface area (Å²) < 4.78 is 10.7. The van der Waals surface area contributed by atoms with E-state index >= 15 is 0 Å². The normalized spacial score (nSPS) is 14.0. The number of piperazine rings is 1. The number of hydrogen-bond donors (Lipinski definition) is 3. The van der Waals surface area contributed by atoms with Crippen LogP contribution >= 0.6 is 0 Å². The fourth-order valence-corrected chi connectivity index (χ4v) is 6.39. The number of nitrogens with one attached hydrogen (secondary N) is 3. The summed E-state index contributed by atoms with van der Waals surface area (Å²) in [5.41, 5.74) is 4.67. The van der Waals surface area contributed by atoms with E-state index in [-0.39, 0.29) is 25.0 Å². The number of aromatic nitrogens is 1. The molecule has 11 nitrogen and oxygen atoms in total. The van der Waals surface area contributed by atoms with Gasteiger partial charge in [0.15, 0.2) is 0 Å². The fraction of sp³-hybridized carbons (Fsp3) is 0.429. The maximum Gasteiger partial charge on any atom is 0.407 e. The van der Waals surface area contributed by atoms with Crippen LogP contribution in [0.1, 0.15) is 60.5 Å². The van der Waals surface area contributed by atoms with Gasteiger partial charge in [-0.2, -0.15) is 0 Å². The molecular formula is C42H54N6O5. The minimum atomic E-state index is -0.816. The number of fused-ring (bicyclic) bond motifs is 1. The summed E-state index contributed by atoms with van der Waals surface area (Å²) in [7, 11) is 3.75. The Morgan fingerprint density at radius 1 is 0.849 bits per heavy atom. The summed E-state index contributed by atoms with van der Waals surface area (Å²) in [6.45, 7) is 8.13. The quantitative estimate of drug-likeness (QED) is 0.110. The first kappa shape index (κ1) is 39.2. The third-order valence-corrected chi connectivity index (χ3v) is 9.64. The zero-order chi connectivity index (χ0) is 37.4. The third-order valence-electron chi connectivity index (χ3n) is 9.64. The molecule has 0 saturated carbocycles. The van der Waals surface area contributed by atoms with Gasteiger partial charge in [0.1, 0.15) is 18.4 Å². The van der Waals surface area contributed by atoms with Gasteiger partial charge in [-0.05, 0) is 99.3 Å². The number of unbranched alkanes of at least 4 members (excludes halogenated alkanes) is 1. The number of alkyl carbamates (subject to hydrolysis) is 1. The second-order valence-corrected chi connectivity index (χ2v) is 13.7. The Labute approximate surface area is 313 Å². The highest BCUT2D eigenvalue weighted by atomic mass is 16.5. The van der Waals surface area contributed by atoms with Crippen LogP contribution in [0.15, 0.2) is 78.9 Å². The third kappa shape index (κ3) is 12.0. The molecule has 1 saturated heterocycles. The van der Waals surface area contributed by atoms with Crippen molar-refractivity contribution in [2.45, 2.75) is 58.1 Å². The molecule has 1 unspecified atom stereocenters. The molecule has 1 atom stereocenters. The van der Waals surface area contributed by atoms with Crippen molar-refractivity contribution in [1.82, 2.24) is 30.7 Å². The molecule has 1 aliphatic heterocycles. The number of likely N-dealkylation sites (N-methyl/N-ethyl adjacent to an activating group) is 1. The molecule has 11 heteroatoms. The van der Waals surface area contributed by atoms with Crippen LogP contribution in [0.5, 0.6) is 5.75 Å². The number of aryl methyl sites for hydroxylation is 1. The van der Waals surface area contributed by atoms with E-state index in [9.17, 15) is 14.4 Å². The number of carbonyl (C=O) groups excluding carboxylic acids is 3. The zero-order valence-corrected chi connectivity index (χ0v) is 31.4. The van der Waals surface area contributed by atoms with Crippen LogP contribution in [0.4, 0.5) is 4.79 Å². The predicted octanol–water partition coefficient (Wildman–Crippen LogP) is 5.81. The van der Waals surface area contributed by atoms with E-state index in [2.05, 4.69) is 45.8 Å². The van der Waals surface area contributed by atoms with Gasteiger partial charge in [0, 0.05) is 50.2 Å². The fourth-order valence-electron chi connectivity index (χ4n) is 6.39. The van der Waals surface area contributed by atoms with Gasteiger partial charge in [0.25, 0.3) is 5.91 Å². The van der Waals surface area contributed by atoms with Gasteiger partial charge in [-0.15, -0.1) is 0 Å². The van der Waals surface area contributed by atoms with Crippen molar-refractivity contribution in [3.05, 3.63) is 95.6 Å². The van der Waals surface area contributed by atoms with Crippen molar-refractivity contribution < 1.29 is 23.9 Å². The zero-order valence-electron chi connectivity index (χ0n) is 31.4. The van der Waals surface area contributed by atoms with Crippen LogP contribution in [0.25, 0.3) is 22.2 Å². The lowest BCUT2D eigenvalue weighted by molar-refractivity contribution is -0.123. The maximum atomic E-state index is 14.3. The minimum absolute atomic E-state index is 0.167. The van der Waals surface area contributed by atoms with Crippen molar-refractivity contribution in [3.8, 4) is 17.0 Å². The molecule has 0 bridgehead atoms.